The van der Waals surface area contributed by atoms with Crippen LogP contribution in [0.5, 0.6) is 0 Å². The number of nitrogens with zero attached hydrogens (tertiary/aromatic N) is 2. The van der Waals surface area contributed by atoms with Crippen molar-refractivity contribution < 1.29 is 67.7 Å². The van der Waals surface area contributed by atoms with Crippen molar-refractivity contribution in [2.24, 2.45) is 0 Å². The number of carboxylic acid groups (broad SMARTS) is 1. The number of fused-ring (bicyclic) bond motifs is 6. The van der Waals surface area contributed by atoms with Crippen molar-refractivity contribution in [3.63, 3.8) is 0 Å². The molecule has 2 aliphatic heterocycles. The van der Waals surface area contributed by atoms with E-state index in [-0.39, 0.29) is 38.0 Å². The molecule has 68 heavy (non-hydrogen) atoms. The molecule has 0 aliphatic carbocycles. The zero-order valence-electron chi connectivity index (χ0n) is 38.5. The Morgan fingerprint density at radius 1 is 0.765 bits per heavy atom. The van der Waals surface area contributed by atoms with Gasteiger partial charge in [0.15, 0.2) is 5.71 Å². The summed E-state index contributed by atoms with van der Waals surface area (Å²) < 4.78 is 121. The second-order valence-corrected chi connectivity index (χ2v) is 22.1. The third kappa shape index (κ3) is 11.8. The molecule has 0 bridgehead atoms. The minimum atomic E-state index is -4.81. The molecule has 2 aliphatic rings. The Hall–Kier alpha value is -5.06. The number of anilines is 1. The Labute approximate surface area is 397 Å². The molecule has 368 valence electrons. The molecule has 4 aromatic carbocycles. The number of allylic oxidation sites excluding steroid dienone is 4. The van der Waals surface area contributed by atoms with Gasteiger partial charge in [0.25, 0.3) is 5.91 Å². The van der Waals surface area contributed by atoms with Gasteiger partial charge in [0, 0.05) is 91.7 Å². The second kappa shape index (κ2) is 21.3. The number of rotatable bonds is 24. The lowest BCUT2D eigenvalue weighted by molar-refractivity contribution is -0.438. The van der Waals surface area contributed by atoms with Crippen molar-refractivity contribution in [2.75, 3.05) is 63.5 Å². The maximum Gasteiger partial charge on any atom is 0.303 e. The van der Waals surface area contributed by atoms with E-state index in [9.17, 15) is 53.6 Å². The van der Waals surface area contributed by atoms with Crippen molar-refractivity contribution in [1.29, 1.82) is 0 Å². The average molecular weight is 996 g/mol. The van der Waals surface area contributed by atoms with Gasteiger partial charge < -0.3 is 38.5 Å². The standard InChI is InChI=1S/C48H59N3O14S3/c1-47(22-9-29-66(55,56)57)41(50(25-7-5-6-13-43(52)53)39-21-16-34-32-36(68(61,62)63)17-19-38(34)45(39)47)11-8-12-42-48(2,23-10-30-67(58,59)60)44-37-18-14-35(46(54)49-24-27-64-3)31-33(37)15-20-40(44)51(42)26-28-65-4/h8,11-12,14-21,31-32H,5-7,9-10,13,22-30H2,1-4H3,(H4-,49,52,53,54,55,56,57,58,59,60,61,62,63)/p-2. The normalized spacial score (nSPS) is 19.2. The smallest absolute Gasteiger partial charge is 0.303 e. The Bertz CT molecular complexity index is 3020. The number of hydrogen-bond donors (Lipinski definition) is 2. The van der Waals surface area contributed by atoms with Gasteiger partial charge in [0.2, 0.25) is 5.69 Å². The fourth-order valence-electron chi connectivity index (χ4n) is 9.88. The molecule has 0 saturated heterocycles. The van der Waals surface area contributed by atoms with E-state index >= 15 is 0 Å². The van der Waals surface area contributed by atoms with Crippen molar-refractivity contribution in [2.45, 2.75) is 80.9 Å². The van der Waals surface area contributed by atoms with E-state index < -0.39 is 63.6 Å². The van der Waals surface area contributed by atoms with Gasteiger partial charge in [-0.05, 0) is 122 Å². The van der Waals surface area contributed by atoms with E-state index in [1.807, 2.05) is 50.3 Å². The summed E-state index contributed by atoms with van der Waals surface area (Å²) in [5.41, 5.74) is 3.11. The fourth-order valence-corrected chi connectivity index (χ4v) is 11.4. The molecule has 1 amide bonds. The maximum atomic E-state index is 13.1. The second-order valence-electron chi connectivity index (χ2n) is 17.6. The maximum absolute atomic E-state index is 13.1. The van der Waals surface area contributed by atoms with Gasteiger partial charge in [0.05, 0.1) is 43.8 Å². The highest BCUT2D eigenvalue weighted by Gasteiger charge is 2.49. The molecule has 0 saturated carbocycles. The van der Waals surface area contributed by atoms with Gasteiger partial charge in [-0.1, -0.05) is 24.3 Å². The van der Waals surface area contributed by atoms with Crippen molar-refractivity contribution in [3.05, 3.63) is 101 Å². The van der Waals surface area contributed by atoms with Crippen LogP contribution in [0.3, 0.4) is 0 Å². The third-order valence-corrected chi connectivity index (χ3v) is 15.4. The lowest BCUT2D eigenvalue weighted by atomic mass is 9.74. The highest BCUT2D eigenvalue weighted by atomic mass is 32.2. The summed E-state index contributed by atoms with van der Waals surface area (Å²) in [5, 5.41) is 14.8. The number of ether oxygens (including phenoxy) is 2. The van der Waals surface area contributed by atoms with Crippen molar-refractivity contribution in [3.8, 4) is 0 Å². The van der Waals surface area contributed by atoms with Gasteiger partial charge in [-0.2, -0.15) is 4.58 Å². The summed E-state index contributed by atoms with van der Waals surface area (Å²) in [6.45, 7) is 5.64. The molecule has 2 unspecified atom stereocenters. The molecular weight excluding hydrogens is 939 g/mol. The van der Waals surface area contributed by atoms with E-state index in [2.05, 4.69) is 14.8 Å². The van der Waals surface area contributed by atoms with Crippen LogP contribution in [0.4, 0.5) is 11.4 Å². The Morgan fingerprint density at radius 3 is 2.04 bits per heavy atom. The molecule has 0 spiro atoms. The van der Waals surface area contributed by atoms with Crippen molar-refractivity contribution in [1.82, 2.24) is 5.32 Å². The highest BCUT2D eigenvalue weighted by molar-refractivity contribution is 7.86. The van der Waals surface area contributed by atoms with Crippen LogP contribution in [-0.2, 0) is 55.5 Å². The number of amides is 1. The number of carbonyl (C=O) groups is 2. The fraction of sp³-hybridized carbons (Fsp3) is 0.438. The number of methoxy groups -OCH3 is 2. The lowest BCUT2D eigenvalue weighted by Crippen LogP contribution is -2.32. The van der Waals surface area contributed by atoms with Crippen LogP contribution in [0.15, 0.2) is 89.5 Å². The SMILES string of the molecule is COCCNC(=O)c1ccc2c3c(ccc2c1)N(CCOC)/C(=C/C=C/C1=[N+](CCCCCC(=O)O)c2ccc4cc(S(=O)(=O)[O-])ccc4c2C1(C)CCCS(=O)(=O)[O-])C3(C)CCCS(=O)(=O)[O-]. The number of aliphatic carboxylic acids is 1. The van der Waals surface area contributed by atoms with Crippen LogP contribution >= 0.6 is 0 Å². The monoisotopic (exact) mass is 995 g/mol. The van der Waals surface area contributed by atoms with E-state index in [1.54, 1.807) is 37.4 Å². The molecule has 20 heteroatoms. The van der Waals surface area contributed by atoms with Crippen LogP contribution in [0, 0.1) is 0 Å². The van der Waals surface area contributed by atoms with E-state index in [4.69, 9.17) is 9.47 Å². The molecule has 0 aromatic heterocycles. The molecule has 2 N–H and O–H groups in total. The molecule has 17 nitrogen and oxygen atoms in total. The van der Waals surface area contributed by atoms with Gasteiger partial charge in [0.1, 0.15) is 16.7 Å². The van der Waals surface area contributed by atoms with E-state index in [0.717, 1.165) is 39.0 Å². The number of carbonyl (C=O) groups excluding carboxylic acids is 1. The third-order valence-electron chi connectivity index (χ3n) is 12.9. The van der Waals surface area contributed by atoms with E-state index in [1.165, 1.54) is 19.2 Å². The van der Waals surface area contributed by atoms with Crippen LogP contribution in [-0.4, -0.2) is 125 Å². The summed E-state index contributed by atoms with van der Waals surface area (Å²) >= 11 is 0. The molecule has 6 rings (SSSR count). The average Bonchev–Trinajstić information content (AvgIpc) is 3.64. The number of benzene rings is 4. The number of nitrogens with one attached hydrogen (secondary N) is 1. The van der Waals surface area contributed by atoms with Gasteiger partial charge in [-0.15, -0.1) is 0 Å². The van der Waals surface area contributed by atoms with Gasteiger partial charge >= 0.3 is 5.97 Å². The van der Waals surface area contributed by atoms with E-state index in [0.29, 0.717) is 74.2 Å². The largest absolute Gasteiger partial charge is 0.748 e. The summed E-state index contributed by atoms with van der Waals surface area (Å²) in [6, 6.07) is 16.8. The predicted octanol–water partition coefficient (Wildman–Crippen LogP) is 5.79. The van der Waals surface area contributed by atoms with Crippen LogP contribution in [0.2, 0.25) is 0 Å². The predicted molar refractivity (Wildman–Crippen MR) is 255 cm³/mol. The molecule has 0 radical (unpaired) electrons. The van der Waals surface area contributed by atoms with Crippen molar-refractivity contribution >= 4 is 80.9 Å². The summed E-state index contributed by atoms with van der Waals surface area (Å²) in [5.74, 6) is -2.44. The summed E-state index contributed by atoms with van der Waals surface area (Å²) in [6.07, 6.45) is 7.61. The lowest BCUT2D eigenvalue weighted by Gasteiger charge is -2.31. The molecule has 0 fully saturated rings. The minimum Gasteiger partial charge on any atom is -0.748 e. The van der Waals surface area contributed by atoms with Gasteiger partial charge in [-0.25, -0.2) is 25.3 Å². The Balaban J connectivity index is 1.54. The molecular formula is C48H57N3O14S3-2. The first-order valence-electron chi connectivity index (χ1n) is 22.3. The Morgan fingerprint density at radius 2 is 1.40 bits per heavy atom. The Kier molecular flexibility index (Phi) is 16.4. The van der Waals surface area contributed by atoms with Gasteiger partial charge in [-0.3, -0.25) is 9.59 Å². The number of carboxylic acids is 1. The highest BCUT2D eigenvalue weighted by Crippen LogP contribution is 2.54. The molecule has 2 heterocycles. The topological polar surface area (TPSA) is 263 Å². The zero-order valence-corrected chi connectivity index (χ0v) is 40.9. The quantitative estimate of drug-likeness (QED) is 0.0478. The van der Waals surface area contributed by atoms with Crippen LogP contribution in [0.25, 0.3) is 21.5 Å². The molecule has 4 aromatic rings. The molecule has 2 atom stereocenters. The first-order valence-corrected chi connectivity index (χ1v) is 26.9. The number of hydrogen-bond acceptors (Lipinski definition) is 14. The first kappa shape index (κ1) is 52.3. The first-order chi connectivity index (χ1) is 32.0. The van der Waals surface area contributed by atoms with Crippen LogP contribution in [0.1, 0.15) is 86.7 Å². The zero-order chi connectivity index (χ0) is 49.7. The summed E-state index contributed by atoms with van der Waals surface area (Å²) in [7, 11) is -10.9. The minimum absolute atomic E-state index is 0.0141. The van der Waals surface area contributed by atoms with Crippen LogP contribution < -0.4 is 10.2 Å². The number of unbranched alkanes of at least 4 members (excludes halogenated alkanes) is 2. The summed E-state index contributed by atoms with van der Waals surface area (Å²) in [4.78, 5) is 26.1.